The molecule has 3 N–H and O–H groups in total. The van der Waals surface area contributed by atoms with Gasteiger partial charge in [-0.1, -0.05) is 91.0 Å². The molecular formula is C25H20O3. The Balaban J connectivity index is 2.22. The van der Waals surface area contributed by atoms with E-state index in [1.807, 2.05) is 72.8 Å². The summed E-state index contributed by atoms with van der Waals surface area (Å²) < 4.78 is 0. The molecule has 0 spiro atoms. The predicted octanol–water partition coefficient (Wildman–Crippen LogP) is 5.19. The van der Waals surface area contributed by atoms with Gasteiger partial charge in [-0.3, -0.25) is 0 Å². The van der Waals surface area contributed by atoms with Crippen molar-refractivity contribution in [3.8, 4) is 17.2 Å². The van der Waals surface area contributed by atoms with Crippen molar-refractivity contribution >= 4 is 0 Å². The molecule has 0 aliphatic rings. The molecule has 0 aliphatic heterocycles. The van der Waals surface area contributed by atoms with Gasteiger partial charge in [-0.25, -0.2) is 0 Å². The molecule has 0 amide bonds. The largest absolute Gasteiger partial charge is 0.508 e. The summed E-state index contributed by atoms with van der Waals surface area (Å²) in [5.41, 5.74) is 1.82. The van der Waals surface area contributed by atoms with E-state index in [0.717, 1.165) is 11.1 Å². The summed E-state index contributed by atoms with van der Waals surface area (Å²) in [6.07, 6.45) is 0. The fourth-order valence-corrected chi connectivity index (χ4v) is 3.93. The second-order valence-corrected chi connectivity index (χ2v) is 6.67. The van der Waals surface area contributed by atoms with Gasteiger partial charge in [0.05, 0.1) is 5.41 Å². The molecule has 0 aliphatic carbocycles. The summed E-state index contributed by atoms with van der Waals surface area (Å²) in [5, 5.41) is 32.0. The van der Waals surface area contributed by atoms with Crippen molar-refractivity contribution in [2.45, 2.75) is 5.41 Å². The third-order valence-corrected chi connectivity index (χ3v) is 5.14. The quantitative estimate of drug-likeness (QED) is 0.343. The minimum atomic E-state index is -1.02. The first-order chi connectivity index (χ1) is 13.7. The maximum absolute atomic E-state index is 10.9. The van der Waals surface area contributed by atoms with Crippen molar-refractivity contribution < 1.29 is 15.3 Å². The van der Waals surface area contributed by atoms with Crippen LogP contribution in [-0.2, 0) is 5.41 Å². The standard InChI is InChI=1S/C25H20O3/c26-22-16-8-7-14-20(22)25(18-10-3-1-4-11-18,19-12-5-2-6-13-19)21-15-9-17-23(27)24(21)28/h1-17,26-28H. The molecule has 0 aromatic heterocycles. The highest BCUT2D eigenvalue weighted by Crippen LogP contribution is 2.51. The lowest BCUT2D eigenvalue weighted by atomic mass is 9.64. The van der Waals surface area contributed by atoms with Gasteiger partial charge >= 0.3 is 0 Å². The molecule has 138 valence electrons. The van der Waals surface area contributed by atoms with Gasteiger partial charge in [0.25, 0.3) is 0 Å². The van der Waals surface area contributed by atoms with Crippen molar-refractivity contribution in [1.29, 1.82) is 0 Å². The van der Waals surface area contributed by atoms with Crippen LogP contribution in [-0.4, -0.2) is 15.3 Å². The highest BCUT2D eigenvalue weighted by Gasteiger charge is 2.42. The SMILES string of the molecule is Oc1ccccc1C(c1ccccc1)(c1ccccc1)c1cccc(O)c1O. The van der Waals surface area contributed by atoms with Gasteiger partial charge in [-0.15, -0.1) is 0 Å². The lowest BCUT2D eigenvalue weighted by Gasteiger charge is -2.37. The summed E-state index contributed by atoms with van der Waals surface area (Å²) in [6.45, 7) is 0. The Morgan fingerprint density at radius 1 is 0.429 bits per heavy atom. The fourth-order valence-electron chi connectivity index (χ4n) is 3.93. The average molecular weight is 368 g/mol. The van der Waals surface area contributed by atoms with E-state index < -0.39 is 5.41 Å². The second kappa shape index (κ2) is 7.12. The Bertz CT molecular complexity index is 1050. The fraction of sp³-hybridized carbons (Fsp3) is 0.0400. The minimum Gasteiger partial charge on any atom is -0.508 e. The summed E-state index contributed by atoms with van der Waals surface area (Å²) >= 11 is 0. The number of benzene rings is 4. The minimum absolute atomic E-state index is 0.109. The number of hydrogen-bond acceptors (Lipinski definition) is 3. The Hall–Kier alpha value is -3.72. The third-order valence-electron chi connectivity index (χ3n) is 5.14. The second-order valence-electron chi connectivity index (χ2n) is 6.67. The van der Waals surface area contributed by atoms with Crippen LogP contribution in [0.25, 0.3) is 0 Å². The van der Waals surface area contributed by atoms with Crippen LogP contribution in [0.3, 0.4) is 0 Å². The number of aromatic hydroxyl groups is 3. The van der Waals surface area contributed by atoms with E-state index in [2.05, 4.69) is 0 Å². The molecule has 3 nitrogen and oxygen atoms in total. The van der Waals surface area contributed by atoms with E-state index in [1.165, 1.54) is 6.07 Å². The van der Waals surface area contributed by atoms with Crippen molar-refractivity contribution in [3.05, 3.63) is 125 Å². The molecule has 0 heterocycles. The summed E-state index contributed by atoms with van der Waals surface area (Å²) in [4.78, 5) is 0. The highest BCUT2D eigenvalue weighted by atomic mass is 16.3. The average Bonchev–Trinajstić information content (AvgIpc) is 2.74. The van der Waals surface area contributed by atoms with Crippen LogP contribution in [0, 0.1) is 0 Å². The third kappa shape index (κ3) is 2.69. The van der Waals surface area contributed by atoms with Gasteiger partial charge in [0.1, 0.15) is 5.75 Å². The Labute approximate surface area is 163 Å². The highest BCUT2D eigenvalue weighted by molar-refractivity contribution is 5.67. The Kier molecular flexibility index (Phi) is 4.50. The Morgan fingerprint density at radius 2 is 0.893 bits per heavy atom. The van der Waals surface area contributed by atoms with Gasteiger partial charge in [0, 0.05) is 11.1 Å². The van der Waals surface area contributed by atoms with Gasteiger partial charge in [-0.2, -0.15) is 0 Å². The maximum Gasteiger partial charge on any atom is 0.162 e. The molecule has 0 saturated carbocycles. The molecule has 4 rings (SSSR count). The molecule has 0 saturated heterocycles. The first kappa shape index (κ1) is 17.7. The monoisotopic (exact) mass is 368 g/mol. The first-order valence-electron chi connectivity index (χ1n) is 9.06. The van der Waals surface area contributed by atoms with E-state index >= 15 is 0 Å². The topological polar surface area (TPSA) is 60.7 Å². The first-order valence-corrected chi connectivity index (χ1v) is 9.06. The molecule has 4 aromatic rings. The van der Waals surface area contributed by atoms with E-state index in [-0.39, 0.29) is 17.2 Å². The molecule has 0 bridgehead atoms. The molecule has 0 unspecified atom stereocenters. The zero-order valence-electron chi connectivity index (χ0n) is 15.2. The van der Waals surface area contributed by atoms with Gasteiger partial charge in [0.2, 0.25) is 0 Å². The zero-order chi connectivity index (χ0) is 19.6. The molecule has 0 atom stereocenters. The maximum atomic E-state index is 10.9. The Morgan fingerprint density at radius 3 is 1.46 bits per heavy atom. The van der Waals surface area contributed by atoms with Crippen molar-refractivity contribution in [2.24, 2.45) is 0 Å². The molecular weight excluding hydrogens is 348 g/mol. The summed E-state index contributed by atoms with van der Waals surface area (Å²) in [6, 6.07) is 31.4. The number of hydrogen-bond donors (Lipinski definition) is 3. The van der Waals surface area contributed by atoms with Crippen LogP contribution in [0.5, 0.6) is 17.2 Å². The lowest BCUT2D eigenvalue weighted by molar-refractivity contribution is 0.394. The van der Waals surface area contributed by atoms with Crippen molar-refractivity contribution in [3.63, 3.8) is 0 Å². The van der Waals surface area contributed by atoms with Crippen molar-refractivity contribution in [2.75, 3.05) is 0 Å². The van der Waals surface area contributed by atoms with Gasteiger partial charge < -0.3 is 15.3 Å². The molecule has 3 heteroatoms. The van der Waals surface area contributed by atoms with E-state index in [0.29, 0.717) is 11.1 Å². The van der Waals surface area contributed by atoms with E-state index in [1.54, 1.807) is 24.3 Å². The normalized spacial score (nSPS) is 11.3. The van der Waals surface area contributed by atoms with Crippen molar-refractivity contribution in [1.82, 2.24) is 0 Å². The van der Waals surface area contributed by atoms with E-state index in [9.17, 15) is 15.3 Å². The van der Waals surface area contributed by atoms with Gasteiger partial charge in [-0.05, 0) is 23.3 Å². The van der Waals surface area contributed by atoms with Gasteiger partial charge in [0.15, 0.2) is 11.5 Å². The summed E-state index contributed by atoms with van der Waals surface area (Å²) in [5.74, 6) is -0.305. The van der Waals surface area contributed by atoms with Crippen LogP contribution in [0.1, 0.15) is 22.3 Å². The molecule has 4 aromatic carbocycles. The number of phenolic OH excluding ortho intramolecular Hbond substituents is 3. The molecule has 0 radical (unpaired) electrons. The predicted molar refractivity (Wildman–Crippen MR) is 110 cm³/mol. The van der Waals surface area contributed by atoms with Crippen LogP contribution < -0.4 is 0 Å². The van der Waals surface area contributed by atoms with E-state index in [4.69, 9.17) is 0 Å². The van der Waals surface area contributed by atoms with Crippen LogP contribution in [0.4, 0.5) is 0 Å². The van der Waals surface area contributed by atoms with Crippen LogP contribution in [0.2, 0.25) is 0 Å². The number of rotatable bonds is 4. The smallest absolute Gasteiger partial charge is 0.162 e. The summed E-state index contributed by atoms with van der Waals surface area (Å²) in [7, 11) is 0. The van der Waals surface area contributed by atoms with Crippen LogP contribution >= 0.6 is 0 Å². The molecule has 0 fully saturated rings. The lowest BCUT2D eigenvalue weighted by Crippen LogP contribution is -2.31. The van der Waals surface area contributed by atoms with Crippen LogP contribution in [0.15, 0.2) is 103 Å². The zero-order valence-corrected chi connectivity index (χ0v) is 15.2. The molecule has 28 heavy (non-hydrogen) atoms. The number of para-hydroxylation sites is 2. The number of phenols is 3.